The summed E-state index contributed by atoms with van der Waals surface area (Å²) in [7, 11) is 0. The molecule has 0 N–H and O–H groups in total. The fraction of sp³-hybridized carbons (Fsp3) is 0.111. The molecule has 3 rings (SSSR count). The number of hydrogen-bond donors (Lipinski definition) is 0. The summed E-state index contributed by atoms with van der Waals surface area (Å²) >= 11 is 0.985. The normalized spacial score (nSPS) is 16.6. The lowest BCUT2D eigenvalue weighted by Gasteiger charge is -2.14. The number of amides is 2. The van der Waals surface area contributed by atoms with Gasteiger partial charge in [0, 0.05) is 0 Å². The first-order valence-corrected chi connectivity index (χ1v) is 7.78. The van der Waals surface area contributed by atoms with Crippen LogP contribution in [0.15, 0.2) is 53.4 Å². The molecule has 4 heteroatoms. The molecule has 0 bridgehead atoms. The maximum atomic E-state index is 12.6. The number of benzene rings is 2. The van der Waals surface area contributed by atoms with Gasteiger partial charge >= 0.3 is 0 Å². The highest BCUT2D eigenvalue weighted by atomic mass is 32.2. The third-order valence-electron chi connectivity index (χ3n) is 3.49. The SMILES string of the molecule is Cc1cccc(/C=C2\SC(=O)N(c3ccccc3C)C2=O)c1. The number of thioether (sulfide) groups is 1. The Morgan fingerprint density at radius 2 is 1.77 bits per heavy atom. The number of carbonyl (C=O) groups excluding carboxylic acids is 2. The Hall–Kier alpha value is -2.33. The summed E-state index contributed by atoms with van der Waals surface area (Å²) in [5, 5.41) is -0.252. The predicted octanol–water partition coefficient (Wildman–Crippen LogP) is 4.54. The highest BCUT2D eigenvalue weighted by Gasteiger charge is 2.36. The second-order valence-corrected chi connectivity index (χ2v) is 6.21. The number of rotatable bonds is 2. The van der Waals surface area contributed by atoms with E-state index in [0.717, 1.165) is 28.5 Å². The van der Waals surface area contributed by atoms with Crippen LogP contribution in [0.3, 0.4) is 0 Å². The van der Waals surface area contributed by atoms with Crippen molar-refractivity contribution >= 4 is 34.7 Å². The smallest absolute Gasteiger partial charge is 0.268 e. The van der Waals surface area contributed by atoms with Crippen molar-refractivity contribution in [2.24, 2.45) is 0 Å². The summed E-state index contributed by atoms with van der Waals surface area (Å²) < 4.78 is 0. The summed E-state index contributed by atoms with van der Waals surface area (Å²) in [5.74, 6) is -0.259. The minimum atomic E-state index is -0.259. The zero-order chi connectivity index (χ0) is 15.7. The van der Waals surface area contributed by atoms with Crippen LogP contribution in [0.25, 0.3) is 6.08 Å². The maximum Gasteiger partial charge on any atom is 0.298 e. The van der Waals surface area contributed by atoms with Crippen LogP contribution in [-0.4, -0.2) is 11.1 Å². The van der Waals surface area contributed by atoms with Crippen molar-refractivity contribution in [3.8, 4) is 0 Å². The van der Waals surface area contributed by atoms with Crippen LogP contribution in [0.1, 0.15) is 16.7 Å². The average molecular weight is 309 g/mol. The van der Waals surface area contributed by atoms with Crippen LogP contribution in [0.4, 0.5) is 10.5 Å². The molecule has 1 fully saturated rings. The molecule has 0 radical (unpaired) electrons. The predicted molar refractivity (Wildman–Crippen MR) is 90.8 cm³/mol. The van der Waals surface area contributed by atoms with E-state index in [1.54, 1.807) is 12.1 Å². The van der Waals surface area contributed by atoms with Crippen LogP contribution in [-0.2, 0) is 4.79 Å². The molecule has 110 valence electrons. The fourth-order valence-electron chi connectivity index (χ4n) is 2.40. The molecular formula is C18H15NO2S. The average Bonchev–Trinajstić information content (AvgIpc) is 2.74. The fourth-order valence-corrected chi connectivity index (χ4v) is 3.24. The number of aryl methyl sites for hydroxylation is 2. The summed E-state index contributed by atoms with van der Waals surface area (Å²) in [6.45, 7) is 3.89. The third-order valence-corrected chi connectivity index (χ3v) is 4.36. The first kappa shape index (κ1) is 14.6. The number of carbonyl (C=O) groups is 2. The first-order chi connectivity index (χ1) is 10.6. The van der Waals surface area contributed by atoms with Gasteiger partial charge in [-0.2, -0.15) is 0 Å². The summed E-state index contributed by atoms with van der Waals surface area (Å²) in [5.41, 5.74) is 3.60. The van der Waals surface area contributed by atoms with Crippen LogP contribution in [0.5, 0.6) is 0 Å². The van der Waals surface area contributed by atoms with Crippen molar-refractivity contribution in [3.05, 3.63) is 70.1 Å². The number of nitrogens with zero attached hydrogens (tertiary/aromatic N) is 1. The van der Waals surface area contributed by atoms with Crippen molar-refractivity contribution in [1.29, 1.82) is 0 Å². The minimum absolute atomic E-state index is 0.252. The third kappa shape index (κ3) is 2.70. The van der Waals surface area contributed by atoms with Gasteiger partial charge in [0.05, 0.1) is 10.6 Å². The Morgan fingerprint density at radius 3 is 2.50 bits per heavy atom. The van der Waals surface area contributed by atoms with Gasteiger partial charge in [-0.3, -0.25) is 9.59 Å². The van der Waals surface area contributed by atoms with Gasteiger partial charge in [-0.1, -0.05) is 48.0 Å². The van der Waals surface area contributed by atoms with Gasteiger partial charge in [0.15, 0.2) is 0 Å². The highest BCUT2D eigenvalue weighted by molar-refractivity contribution is 8.19. The zero-order valence-electron chi connectivity index (χ0n) is 12.4. The van der Waals surface area contributed by atoms with Crippen molar-refractivity contribution in [2.75, 3.05) is 4.90 Å². The standard InChI is InChI=1S/C18H15NO2S/c1-12-6-5-8-14(10-12)11-16-17(20)19(18(21)22-16)15-9-4-3-7-13(15)2/h3-11H,1-2H3/b16-11-. The largest absolute Gasteiger partial charge is 0.298 e. The Labute approximate surface area is 133 Å². The molecule has 2 aromatic rings. The molecule has 1 aliphatic rings. The molecule has 1 aliphatic heterocycles. The van der Waals surface area contributed by atoms with Crippen LogP contribution in [0.2, 0.25) is 0 Å². The summed E-state index contributed by atoms with van der Waals surface area (Å²) in [6, 6.07) is 15.3. The Bertz CT molecular complexity index is 795. The van der Waals surface area contributed by atoms with Crippen molar-refractivity contribution < 1.29 is 9.59 Å². The van der Waals surface area contributed by atoms with E-state index in [0.29, 0.717) is 10.6 Å². The van der Waals surface area contributed by atoms with E-state index in [2.05, 4.69) is 0 Å². The van der Waals surface area contributed by atoms with Crippen LogP contribution in [0, 0.1) is 13.8 Å². The van der Waals surface area contributed by atoms with Gasteiger partial charge in [-0.25, -0.2) is 4.90 Å². The lowest BCUT2D eigenvalue weighted by molar-refractivity contribution is -0.113. The molecule has 3 nitrogen and oxygen atoms in total. The molecular weight excluding hydrogens is 294 g/mol. The van der Waals surface area contributed by atoms with E-state index in [4.69, 9.17) is 0 Å². The lowest BCUT2D eigenvalue weighted by Crippen LogP contribution is -2.28. The van der Waals surface area contributed by atoms with Gasteiger partial charge in [-0.05, 0) is 48.9 Å². The molecule has 0 saturated carbocycles. The van der Waals surface area contributed by atoms with Crippen LogP contribution >= 0.6 is 11.8 Å². The van der Waals surface area contributed by atoms with E-state index in [1.807, 2.05) is 56.3 Å². The second-order valence-electron chi connectivity index (χ2n) is 5.22. The van der Waals surface area contributed by atoms with Gasteiger partial charge in [-0.15, -0.1) is 0 Å². The summed E-state index contributed by atoms with van der Waals surface area (Å²) in [6.07, 6.45) is 1.77. The zero-order valence-corrected chi connectivity index (χ0v) is 13.2. The molecule has 1 heterocycles. The van der Waals surface area contributed by atoms with E-state index in [9.17, 15) is 9.59 Å². The van der Waals surface area contributed by atoms with E-state index < -0.39 is 0 Å². The Morgan fingerprint density at radius 1 is 1.00 bits per heavy atom. The Kier molecular flexibility index (Phi) is 3.86. The van der Waals surface area contributed by atoms with Gasteiger partial charge < -0.3 is 0 Å². The quantitative estimate of drug-likeness (QED) is 0.764. The van der Waals surface area contributed by atoms with Crippen molar-refractivity contribution in [3.63, 3.8) is 0 Å². The molecule has 1 saturated heterocycles. The Balaban J connectivity index is 1.97. The lowest BCUT2D eigenvalue weighted by atomic mass is 10.1. The van der Waals surface area contributed by atoms with Crippen LogP contribution < -0.4 is 4.90 Å². The minimum Gasteiger partial charge on any atom is -0.268 e. The number of imide groups is 1. The van der Waals surface area contributed by atoms with E-state index >= 15 is 0 Å². The first-order valence-electron chi connectivity index (χ1n) is 6.96. The summed E-state index contributed by atoms with van der Waals surface area (Å²) in [4.78, 5) is 26.5. The number of para-hydroxylation sites is 1. The molecule has 0 unspecified atom stereocenters. The maximum absolute atomic E-state index is 12.6. The second kappa shape index (κ2) is 5.81. The molecule has 22 heavy (non-hydrogen) atoms. The molecule has 0 atom stereocenters. The van der Waals surface area contributed by atoms with Crippen molar-refractivity contribution in [2.45, 2.75) is 13.8 Å². The molecule has 0 aliphatic carbocycles. The van der Waals surface area contributed by atoms with Crippen molar-refractivity contribution in [1.82, 2.24) is 0 Å². The molecule has 2 aromatic carbocycles. The molecule has 2 amide bonds. The monoisotopic (exact) mass is 309 g/mol. The number of hydrogen-bond acceptors (Lipinski definition) is 3. The van der Waals surface area contributed by atoms with Gasteiger partial charge in [0.1, 0.15) is 0 Å². The van der Waals surface area contributed by atoms with E-state index in [-0.39, 0.29) is 11.1 Å². The number of anilines is 1. The highest BCUT2D eigenvalue weighted by Crippen LogP contribution is 2.36. The van der Waals surface area contributed by atoms with Gasteiger partial charge in [0.2, 0.25) is 0 Å². The molecule has 0 aromatic heterocycles. The molecule has 0 spiro atoms. The topological polar surface area (TPSA) is 37.4 Å². The van der Waals surface area contributed by atoms with E-state index in [1.165, 1.54) is 4.90 Å². The van der Waals surface area contributed by atoms with Gasteiger partial charge in [0.25, 0.3) is 11.1 Å².